The first-order valence-corrected chi connectivity index (χ1v) is 43.9. The fraction of sp³-hybridized carbons (Fsp3) is 0.955. The predicted octanol–water partition coefficient (Wildman–Crippen LogP) is 25.9. The van der Waals surface area contributed by atoms with Gasteiger partial charge < -0.3 is 39.6 Å². The van der Waals surface area contributed by atoms with Crippen molar-refractivity contribution >= 4 is 51.2 Å². The summed E-state index contributed by atoms with van der Waals surface area (Å²) in [7, 11) is 0. The minimum atomic E-state index is -0.901. The molecule has 0 heterocycles. The van der Waals surface area contributed by atoms with Crippen LogP contribution in [0, 0.1) is 0 Å². The fourth-order valence-electron chi connectivity index (χ4n) is 13.4. The van der Waals surface area contributed by atoms with Crippen LogP contribution in [0.3, 0.4) is 0 Å². The summed E-state index contributed by atoms with van der Waals surface area (Å²) in [5.74, 6) is -3.60. The molecule has 4 radical (unpaired) electrons. The quantitative estimate of drug-likeness (QED) is 0.0430. The van der Waals surface area contributed by atoms with E-state index in [-0.39, 0.29) is 53.0 Å². The monoisotopic (exact) mass is 1570 g/mol. The maximum absolute atomic E-state index is 10.3. The SMILES string of the molecule is CCCCCCCCCCCCCCCCCCCCCC(=O)[O-].CCCCCCCCCCCCCCCCCCCCCC(=O)[O-].CCCCCCCCCCCCCCCCCCCCCC(=O)[O-].CCCCCCCCCCCCCCCCCCCCCC(=O)[O-].[Pb]. The van der Waals surface area contributed by atoms with E-state index < -0.39 is 23.9 Å². The van der Waals surface area contributed by atoms with Crippen LogP contribution in [0.15, 0.2) is 0 Å². The van der Waals surface area contributed by atoms with Crippen molar-refractivity contribution in [1.29, 1.82) is 0 Å². The summed E-state index contributed by atoms with van der Waals surface area (Å²) in [5.41, 5.74) is 0. The molecule has 0 N–H and O–H groups in total. The zero-order chi connectivity index (χ0) is 70.9. The Hall–Kier alpha value is -1.20. The third kappa shape index (κ3) is 119. The molecule has 0 bridgehead atoms. The molecule has 0 spiro atoms. The van der Waals surface area contributed by atoms with Crippen molar-refractivity contribution in [3.05, 3.63) is 0 Å². The van der Waals surface area contributed by atoms with Gasteiger partial charge >= 0.3 is 0 Å². The van der Waals surface area contributed by atoms with Gasteiger partial charge in [0.05, 0.1) is 0 Å². The largest absolute Gasteiger partial charge is 0.550 e. The van der Waals surface area contributed by atoms with E-state index in [9.17, 15) is 39.6 Å². The number of aliphatic carboxylic acids is 4. The van der Waals surface area contributed by atoms with Crippen LogP contribution in [0.25, 0.3) is 0 Å². The maximum Gasteiger partial charge on any atom is 0.0414 e. The molecule has 0 rings (SSSR count). The molecule has 0 atom stereocenters. The standard InChI is InChI=1S/4C22H44O2.Pb/c4*1-2-3-4-5-6-7-8-9-10-11-12-13-14-15-16-17-18-19-20-21-22(23)24;/h4*2-21H2,1H3,(H,23,24);/p-4. The van der Waals surface area contributed by atoms with Gasteiger partial charge in [-0.15, -0.1) is 0 Å². The molecule has 0 aromatic carbocycles. The van der Waals surface area contributed by atoms with Gasteiger partial charge in [0, 0.05) is 51.2 Å². The van der Waals surface area contributed by atoms with Gasteiger partial charge in [-0.25, -0.2) is 0 Å². The van der Waals surface area contributed by atoms with Gasteiger partial charge in [0.25, 0.3) is 0 Å². The van der Waals surface area contributed by atoms with Crippen molar-refractivity contribution in [2.24, 2.45) is 0 Å². The van der Waals surface area contributed by atoms with Crippen LogP contribution in [-0.4, -0.2) is 51.2 Å². The summed E-state index contributed by atoms with van der Waals surface area (Å²) in [5, 5.41) is 41.1. The van der Waals surface area contributed by atoms with Crippen molar-refractivity contribution in [1.82, 2.24) is 0 Å². The molecule has 0 aliphatic rings. The Kier molecular flexibility index (Phi) is 109. The van der Waals surface area contributed by atoms with Crippen molar-refractivity contribution in [3.63, 3.8) is 0 Å². The zero-order valence-corrected chi connectivity index (χ0v) is 70.2. The molecule has 0 saturated carbocycles. The predicted molar refractivity (Wildman–Crippen MR) is 418 cm³/mol. The molecule has 8 nitrogen and oxygen atoms in total. The van der Waals surface area contributed by atoms with Crippen LogP contribution >= 0.6 is 0 Å². The summed E-state index contributed by atoms with van der Waals surface area (Å²) in [6.07, 6.45) is 103. The summed E-state index contributed by atoms with van der Waals surface area (Å²) in [6.45, 7) is 9.12. The number of carbonyl (C=O) groups excluding carboxylic acids is 4. The van der Waals surface area contributed by atoms with E-state index in [0.717, 1.165) is 51.4 Å². The van der Waals surface area contributed by atoms with Crippen LogP contribution in [-0.2, 0) is 19.2 Å². The van der Waals surface area contributed by atoms with Gasteiger partial charge in [-0.1, -0.05) is 490 Å². The number of carboxylic acids is 4. The first-order valence-electron chi connectivity index (χ1n) is 43.9. The minimum Gasteiger partial charge on any atom is -0.550 e. The molecule has 0 unspecified atom stereocenters. The Morgan fingerprint density at radius 3 is 0.258 bits per heavy atom. The van der Waals surface area contributed by atoms with E-state index in [1.165, 1.54) is 437 Å². The summed E-state index contributed by atoms with van der Waals surface area (Å²) in [6, 6.07) is 0. The fourth-order valence-corrected chi connectivity index (χ4v) is 13.4. The second-order valence-electron chi connectivity index (χ2n) is 29.9. The Morgan fingerprint density at radius 1 is 0.134 bits per heavy atom. The van der Waals surface area contributed by atoms with E-state index >= 15 is 0 Å². The Morgan fingerprint density at radius 2 is 0.196 bits per heavy atom. The molecule has 0 fully saturated rings. The molecular weight excluding hydrogens is 1390 g/mol. The summed E-state index contributed by atoms with van der Waals surface area (Å²) in [4.78, 5) is 41.1. The normalized spacial score (nSPS) is 10.9. The van der Waals surface area contributed by atoms with Crippen molar-refractivity contribution in [2.75, 3.05) is 0 Å². The van der Waals surface area contributed by atoms with Crippen molar-refractivity contribution < 1.29 is 39.6 Å². The smallest absolute Gasteiger partial charge is 0.0414 e. The summed E-state index contributed by atoms with van der Waals surface area (Å²) >= 11 is 0. The van der Waals surface area contributed by atoms with E-state index in [4.69, 9.17) is 0 Å². The molecule has 580 valence electrons. The van der Waals surface area contributed by atoms with Crippen molar-refractivity contribution in [2.45, 2.75) is 541 Å². The second kappa shape index (κ2) is 101. The molecule has 0 aromatic heterocycles. The van der Waals surface area contributed by atoms with Crippen LogP contribution in [0.4, 0.5) is 0 Å². The first kappa shape index (κ1) is 104. The van der Waals surface area contributed by atoms with Gasteiger partial charge in [-0.05, 0) is 51.4 Å². The first-order chi connectivity index (χ1) is 47.1. The number of unbranched alkanes of at least 4 members (excludes halogenated alkanes) is 72. The number of carbonyl (C=O) groups is 4. The van der Waals surface area contributed by atoms with Crippen LogP contribution in [0.1, 0.15) is 541 Å². The molecular formula is C88H172O8Pb-4. The van der Waals surface area contributed by atoms with E-state index in [1.807, 2.05) is 0 Å². The maximum atomic E-state index is 10.3. The number of carboxylic acid groups (broad SMARTS) is 4. The topological polar surface area (TPSA) is 161 Å². The van der Waals surface area contributed by atoms with Gasteiger partial charge in [0.1, 0.15) is 0 Å². The molecule has 0 aliphatic heterocycles. The average molecular weight is 1570 g/mol. The third-order valence-corrected chi connectivity index (χ3v) is 19.9. The molecule has 0 aromatic rings. The molecule has 97 heavy (non-hydrogen) atoms. The zero-order valence-electron chi connectivity index (χ0n) is 66.3. The Balaban J connectivity index is -0.000000386. The Labute approximate surface area is 628 Å². The van der Waals surface area contributed by atoms with E-state index in [0.29, 0.717) is 0 Å². The van der Waals surface area contributed by atoms with Gasteiger partial charge in [-0.2, -0.15) is 0 Å². The van der Waals surface area contributed by atoms with Crippen molar-refractivity contribution in [3.8, 4) is 0 Å². The van der Waals surface area contributed by atoms with E-state index in [1.54, 1.807) is 0 Å². The second-order valence-corrected chi connectivity index (χ2v) is 29.9. The minimum absolute atomic E-state index is 0. The molecule has 9 heteroatoms. The van der Waals surface area contributed by atoms with Gasteiger partial charge in [0.15, 0.2) is 0 Å². The Bertz CT molecular complexity index is 1220. The van der Waals surface area contributed by atoms with Crippen LogP contribution in [0.2, 0.25) is 0 Å². The number of hydrogen-bond donors (Lipinski definition) is 0. The average Bonchev–Trinajstić information content (AvgIpc) is 3.57. The molecule has 0 amide bonds. The molecule has 0 saturated heterocycles. The van der Waals surface area contributed by atoms with Crippen LogP contribution in [0.5, 0.6) is 0 Å². The van der Waals surface area contributed by atoms with Gasteiger partial charge in [-0.3, -0.25) is 0 Å². The number of hydrogen-bond acceptors (Lipinski definition) is 8. The van der Waals surface area contributed by atoms with Gasteiger partial charge in [0.2, 0.25) is 0 Å². The third-order valence-electron chi connectivity index (χ3n) is 19.9. The summed E-state index contributed by atoms with van der Waals surface area (Å²) < 4.78 is 0. The number of rotatable bonds is 80. The van der Waals surface area contributed by atoms with E-state index in [2.05, 4.69) is 27.7 Å². The van der Waals surface area contributed by atoms with Crippen LogP contribution < -0.4 is 20.4 Å². The molecule has 0 aliphatic carbocycles.